The van der Waals surface area contributed by atoms with E-state index < -0.39 is 0 Å². The summed E-state index contributed by atoms with van der Waals surface area (Å²) in [7, 11) is 0. The first-order valence-electron chi connectivity index (χ1n) is 5.87. The fourth-order valence-corrected chi connectivity index (χ4v) is 2.34. The van der Waals surface area contributed by atoms with E-state index in [-0.39, 0.29) is 5.75 Å². The maximum absolute atomic E-state index is 9.76. The number of hydrogen-bond donors (Lipinski definition) is 2. The molecule has 3 nitrogen and oxygen atoms in total. The highest BCUT2D eigenvalue weighted by Gasteiger charge is 2.16. The van der Waals surface area contributed by atoms with E-state index in [1.165, 1.54) is 0 Å². The number of benzene rings is 2. The van der Waals surface area contributed by atoms with Crippen LogP contribution in [0.2, 0.25) is 0 Å². The van der Waals surface area contributed by atoms with Gasteiger partial charge in [-0.3, -0.25) is 0 Å². The Morgan fingerprint density at radius 2 is 1.67 bits per heavy atom. The van der Waals surface area contributed by atoms with Crippen LogP contribution in [0.15, 0.2) is 30.3 Å². The maximum atomic E-state index is 9.76. The van der Waals surface area contributed by atoms with Gasteiger partial charge in [0, 0.05) is 0 Å². The molecule has 0 atom stereocenters. The second kappa shape index (κ2) is 4.03. The van der Waals surface area contributed by atoms with Gasteiger partial charge in [-0.1, -0.05) is 6.07 Å². The van der Waals surface area contributed by atoms with E-state index in [0.29, 0.717) is 19.0 Å². The van der Waals surface area contributed by atoms with E-state index in [0.717, 1.165) is 27.8 Å². The van der Waals surface area contributed by atoms with Crippen LogP contribution in [-0.2, 0) is 18.0 Å². The summed E-state index contributed by atoms with van der Waals surface area (Å²) >= 11 is 0. The number of rotatable bonds is 0. The second-order valence-electron chi connectivity index (χ2n) is 4.63. The molecule has 0 amide bonds. The van der Waals surface area contributed by atoms with Gasteiger partial charge in [-0.15, -0.1) is 0 Å². The van der Waals surface area contributed by atoms with Crippen molar-refractivity contribution >= 4 is 0 Å². The van der Waals surface area contributed by atoms with Crippen LogP contribution in [-0.4, -0.2) is 10.2 Å². The van der Waals surface area contributed by atoms with Crippen LogP contribution in [0.5, 0.6) is 11.5 Å². The van der Waals surface area contributed by atoms with Gasteiger partial charge in [-0.2, -0.15) is 0 Å². The molecule has 0 bridgehead atoms. The summed E-state index contributed by atoms with van der Waals surface area (Å²) in [6, 6.07) is 9.03. The van der Waals surface area contributed by atoms with Crippen molar-refractivity contribution in [1.82, 2.24) is 0 Å². The standard InChI is InChI=1S/C15H14O3/c1-9-4-14-11(6-15(9)17)8-18-7-10-5-12(16)2-3-13(10)14/h2-6,16-17H,7-8H2,1H3. The largest absolute Gasteiger partial charge is 0.508 e. The van der Waals surface area contributed by atoms with Gasteiger partial charge in [-0.05, 0) is 59.0 Å². The van der Waals surface area contributed by atoms with Gasteiger partial charge in [0.15, 0.2) is 0 Å². The lowest BCUT2D eigenvalue weighted by molar-refractivity contribution is 0.109. The summed E-state index contributed by atoms with van der Waals surface area (Å²) in [4.78, 5) is 0. The minimum Gasteiger partial charge on any atom is -0.508 e. The van der Waals surface area contributed by atoms with E-state index in [1.807, 2.05) is 19.1 Å². The highest BCUT2D eigenvalue weighted by molar-refractivity contribution is 5.73. The van der Waals surface area contributed by atoms with Crippen molar-refractivity contribution < 1.29 is 14.9 Å². The zero-order valence-electron chi connectivity index (χ0n) is 10.1. The minimum atomic E-state index is 0.247. The molecule has 3 rings (SSSR count). The SMILES string of the molecule is Cc1cc2c(cc1O)COCc1cc(O)ccc1-2. The summed E-state index contributed by atoms with van der Waals surface area (Å²) in [5.41, 5.74) is 4.91. The van der Waals surface area contributed by atoms with E-state index in [4.69, 9.17) is 4.74 Å². The van der Waals surface area contributed by atoms with E-state index in [1.54, 1.807) is 18.2 Å². The third kappa shape index (κ3) is 1.73. The van der Waals surface area contributed by atoms with Crippen LogP contribution in [0, 0.1) is 6.92 Å². The summed E-state index contributed by atoms with van der Waals surface area (Å²) in [5.74, 6) is 0.538. The third-order valence-corrected chi connectivity index (χ3v) is 3.32. The molecule has 0 saturated carbocycles. The first kappa shape index (κ1) is 11.1. The highest BCUT2D eigenvalue weighted by atomic mass is 16.5. The summed E-state index contributed by atoms with van der Waals surface area (Å²) in [6.45, 7) is 2.82. The summed E-state index contributed by atoms with van der Waals surface area (Å²) in [5, 5.41) is 19.3. The van der Waals surface area contributed by atoms with Gasteiger partial charge in [0.05, 0.1) is 13.2 Å². The topological polar surface area (TPSA) is 49.7 Å². The molecule has 2 aromatic rings. The van der Waals surface area contributed by atoms with Crippen molar-refractivity contribution in [1.29, 1.82) is 0 Å². The molecule has 2 aromatic carbocycles. The molecule has 1 aliphatic rings. The van der Waals surface area contributed by atoms with Gasteiger partial charge in [0.25, 0.3) is 0 Å². The Morgan fingerprint density at radius 1 is 0.944 bits per heavy atom. The zero-order chi connectivity index (χ0) is 12.7. The Morgan fingerprint density at radius 3 is 2.44 bits per heavy atom. The van der Waals surface area contributed by atoms with Gasteiger partial charge in [0.2, 0.25) is 0 Å². The average Bonchev–Trinajstić information content (AvgIpc) is 2.49. The second-order valence-corrected chi connectivity index (χ2v) is 4.63. The van der Waals surface area contributed by atoms with Crippen molar-refractivity contribution in [3.05, 3.63) is 47.0 Å². The van der Waals surface area contributed by atoms with Crippen LogP contribution in [0.1, 0.15) is 16.7 Å². The molecule has 3 heteroatoms. The number of ether oxygens (including phenoxy) is 1. The molecule has 0 radical (unpaired) electrons. The van der Waals surface area contributed by atoms with E-state index in [9.17, 15) is 10.2 Å². The summed E-state index contributed by atoms with van der Waals surface area (Å²) < 4.78 is 5.58. The smallest absolute Gasteiger partial charge is 0.118 e. The molecule has 0 aliphatic carbocycles. The van der Waals surface area contributed by atoms with Gasteiger partial charge >= 0.3 is 0 Å². The number of phenolic OH excluding ortho intramolecular Hbond substituents is 2. The van der Waals surface area contributed by atoms with Crippen LogP contribution in [0.25, 0.3) is 11.1 Å². The zero-order valence-corrected chi connectivity index (χ0v) is 10.1. The molecule has 2 N–H and O–H groups in total. The Balaban J connectivity index is 2.27. The highest BCUT2D eigenvalue weighted by Crippen LogP contribution is 2.36. The quantitative estimate of drug-likeness (QED) is 0.746. The molecule has 18 heavy (non-hydrogen) atoms. The molecule has 92 valence electrons. The van der Waals surface area contributed by atoms with Gasteiger partial charge in [-0.25, -0.2) is 0 Å². The average molecular weight is 242 g/mol. The van der Waals surface area contributed by atoms with Crippen LogP contribution >= 0.6 is 0 Å². The Labute approximate surface area is 105 Å². The van der Waals surface area contributed by atoms with Gasteiger partial charge in [0.1, 0.15) is 11.5 Å². The molecular weight excluding hydrogens is 228 g/mol. The predicted octanol–water partition coefficient (Wildman–Crippen LogP) is 3.10. The lowest BCUT2D eigenvalue weighted by atomic mass is 9.94. The number of fused-ring (bicyclic) bond motifs is 3. The number of phenols is 2. The molecule has 0 spiro atoms. The molecular formula is C15H14O3. The number of hydrogen-bond acceptors (Lipinski definition) is 3. The maximum Gasteiger partial charge on any atom is 0.118 e. The lowest BCUT2D eigenvalue weighted by Crippen LogP contribution is -1.90. The number of aromatic hydroxyl groups is 2. The normalized spacial score (nSPS) is 13.6. The van der Waals surface area contributed by atoms with Crippen LogP contribution in [0.3, 0.4) is 0 Å². The third-order valence-electron chi connectivity index (χ3n) is 3.32. The minimum absolute atomic E-state index is 0.247. The summed E-state index contributed by atoms with van der Waals surface area (Å²) in [6.07, 6.45) is 0. The molecule has 0 fully saturated rings. The fourth-order valence-electron chi connectivity index (χ4n) is 2.34. The fraction of sp³-hybridized carbons (Fsp3) is 0.200. The van der Waals surface area contributed by atoms with E-state index in [2.05, 4.69) is 0 Å². The first-order valence-corrected chi connectivity index (χ1v) is 5.87. The molecule has 0 saturated heterocycles. The molecule has 0 aromatic heterocycles. The molecule has 1 aliphatic heterocycles. The van der Waals surface area contributed by atoms with Gasteiger partial charge < -0.3 is 14.9 Å². The Hall–Kier alpha value is -2.00. The van der Waals surface area contributed by atoms with Crippen molar-refractivity contribution in [3.8, 4) is 22.6 Å². The molecule has 1 heterocycles. The van der Waals surface area contributed by atoms with Crippen molar-refractivity contribution in [3.63, 3.8) is 0 Å². The monoisotopic (exact) mass is 242 g/mol. The Kier molecular flexibility index (Phi) is 2.49. The Bertz CT molecular complexity index is 617. The number of aryl methyl sites for hydroxylation is 1. The molecule has 0 unspecified atom stereocenters. The van der Waals surface area contributed by atoms with Crippen molar-refractivity contribution in [2.45, 2.75) is 20.1 Å². The van der Waals surface area contributed by atoms with Crippen LogP contribution in [0.4, 0.5) is 0 Å². The lowest BCUT2D eigenvalue weighted by Gasteiger charge is -2.11. The van der Waals surface area contributed by atoms with E-state index >= 15 is 0 Å². The predicted molar refractivity (Wildman–Crippen MR) is 68.4 cm³/mol. The van der Waals surface area contributed by atoms with Crippen LogP contribution < -0.4 is 0 Å². The van der Waals surface area contributed by atoms with Crippen molar-refractivity contribution in [2.75, 3.05) is 0 Å². The first-order chi connectivity index (χ1) is 8.65. The van der Waals surface area contributed by atoms with Crippen molar-refractivity contribution in [2.24, 2.45) is 0 Å².